The van der Waals surface area contributed by atoms with Crippen LogP contribution < -0.4 is 10.1 Å². The molecule has 0 heterocycles. The SMILES string of the molecule is O=C(COc1ccc(F)cc1)NC(CO)c1ccc(Cl)c(F)c1. The van der Waals surface area contributed by atoms with Gasteiger partial charge in [0.15, 0.2) is 6.61 Å². The molecule has 1 amide bonds. The van der Waals surface area contributed by atoms with E-state index in [4.69, 9.17) is 16.3 Å². The average Bonchev–Trinajstić information content (AvgIpc) is 2.55. The standard InChI is InChI=1S/C16H14ClF2NO3/c17-13-6-1-10(7-14(13)19)15(8-21)20-16(22)9-23-12-4-2-11(18)3-5-12/h1-7,15,21H,8-9H2,(H,20,22). The summed E-state index contributed by atoms with van der Waals surface area (Å²) in [5, 5.41) is 11.8. The summed E-state index contributed by atoms with van der Waals surface area (Å²) in [5.41, 5.74) is 0.379. The van der Waals surface area contributed by atoms with Crippen molar-refractivity contribution in [1.29, 1.82) is 0 Å². The molecule has 0 bridgehead atoms. The highest BCUT2D eigenvalue weighted by Gasteiger charge is 2.15. The highest BCUT2D eigenvalue weighted by atomic mass is 35.5. The Kier molecular flexibility index (Phi) is 5.90. The van der Waals surface area contributed by atoms with Gasteiger partial charge in [-0.15, -0.1) is 0 Å². The molecule has 0 fully saturated rings. The van der Waals surface area contributed by atoms with Crippen LogP contribution in [0.15, 0.2) is 42.5 Å². The molecule has 2 aromatic carbocycles. The molecule has 0 aliphatic rings. The summed E-state index contributed by atoms with van der Waals surface area (Å²) < 4.78 is 31.4. The maximum atomic E-state index is 13.4. The predicted molar refractivity (Wildman–Crippen MR) is 81.3 cm³/mol. The van der Waals surface area contributed by atoms with Gasteiger partial charge < -0.3 is 15.2 Å². The second-order valence-corrected chi connectivity index (χ2v) is 5.13. The molecule has 23 heavy (non-hydrogen) atoms. The largest absolute Gasteiger partial charge is 0.484 e. The first-order valence-corrected chi connectivity index (χ1v) is 7.11. The molecule has 4 nitrogen and oxygen atoms in total. The Bertz CT molecular complexity index is 680. The van der Waals surface area contributed by atoms with E-state index in [0.29, 0.717) is 11.3 Å². The van der Waals surface area contributed by atoms with Crippen LogP contribution in [0.2, 0.25) is 5.02 Å². The quantitative estimate of drug-likeness (QED) is 0.849. The molecule has 0 saturated carbocycles. The fourth-order valence-electron chi connectivity index (χ4n) is 1.88. The average molecular weight is 342 g/mol. The zero-order valence-corrected chi connectivity index (χ0v) is 12.7. The van der Waals surface area contributed by atoms with Gasteiger partial charge >= 0.3 is 0 Å². The van der Waals surface area contributed by atoms with Gasteiger partial charge in [0.2, 0.25) is 0 Å². The van der Waals surface area contributed by atoms with Crippen molar-refractivity contribution < 1.29 is 23.4 Å². The maximum Gasteiger partial charge on any atom is 0.258 e. The minimum absolute atomic E-state index is 0.0450. The smallest absolute Gasteiger partial charge is 0.258 e. The van der Waals surface area contributed by atoms with E-state index in [-0.39, 0.29) is 11.6 Å². The Morgan fingerprint density at radius 1 is 1.22 bits per heavy atom. The van der Waals surface area contributed by atoms with E-state index in [1.807, 2.05) is 0 Å². The minimum atomic E-state index is -0.786. The third-order valence-corrected chi connectivity index (χ3v) is 3.35. The molecule has 1 unspecified atom stereocenters. The van der Waals surface area contributed by atoms with Crippen molar-refractivity contribution in [2.24, 2.45) is 0 Å². The monoisotopic (exact) mass is 341 g/mol. The van der Waals surface area contributed by atoms with Gasteiger partial charge in [-0.3, -0.25) is 4.79 Å². The number of hydrogen-bond acceptors (Lipinski definition) is 3. The minimum Gasteiger partial charge on any atom is -0.484 e. The van der Waals surface area contributed by atoms with Gasteiger partial charge in [0.25, 0.3) is 5.91 Å². The summed E-state index contributed by atoms with van der Waals surface area (Å²) in [6.07, 6.45) is 0. The molecule has 0 aliphatic carbocycles. The van der Waals surface area contributed by atoms with Crippen LogP contribution in [-0.4, -0.2) is 24.2 Å². The number of carbonyl (C=O) groups excluding carboxylic acids is 1. The van der Waals surface area contributed by atoms with Crippen LogP contribution in [0, 0.1) is 11.6 Å². The first-order valence-electron chi connectivity index (χ1n) is 6.73. The predicted octanol–water partition coefficient (Wildman–Crippen LogP) is 2.85. The molecule has 0 aliphatic heterocycles. The number of rotatable bonds is 6. The van der Waals surface area contributed by atoms with Gasteiger partial charge in [-0.25, -0.2) is 8.78 Å². The molecule has 2 aromatic rings. The number of aliphatic hydroxyl groups is 1. The normalized spacial score (nSPS) is 11.8. The Morgan fingerprint density at radius 2 is 1.91 bits per heavy atom. The third kappa shape index (κ3) is 4.91. The molecule has 0 aromatic heterocycles. The zero-order chi connectivity index (χ0) is 16.8. The molecular formula is C16H14ClF2NO3. The van der Waals surface area contributed by atoms with Gasteiger partial charge in [-0.05, 0) is 42.0 Å². The number of halogens is 3. The van der Waals surface area contributed by atoms with Crippen molar-refractivity contribution in [3.8, 4) is 5.75 Å². The van der Waals surface area contributed by atoms with E-state index in [1.54, 1.807) is 0 Å². The summed E-state index contributed by atoms with van der Waals surface area (Å²) in [5.74, 6) is -1.23. The van der Waals surface area contributed by atoms with E-state index >= 15 is 0 Å². The summed E-state index contributed by atoms with van der Waals surface area (Å²) in [4.78, 5) is 11.8. The van der Waals surface area contributed by atoms with Crippen molar-refractivity contribution in [3.63, 3.8) is 0 Å². The molecule has 2 N–H and O–H groups in total. The van der Waals surface area contributed by atoms with Crippen LogP contribution in [0.4, 0.5) is 8.78 Å². The summed E-state index contributed by atoms with van der Waals surface area (Å²) >= 11 is 5.59. The molecule has 1 atom stereocenters. The fraction of sp³-hybridized carbons (Fsp3) is 0.188. The number of carbonyl (C=O) groups is 1. The van der Waals surface area contributed by atoms with Crippen LogP contribution >= 0.6 is 11.6 Å². The zero-order valence-electron chi connectivity index (χ0n) is 11.9. The first kappa shape index (κ1) is 17.2. The Balaban J connectivity index is 1.94. The van der Waals surface area contributed by atoms with E-state index in [0.717, 1.165) is 6.07 Å². The highest BCUT2D eigenvalue weighted by molar-refractivity contribution is 6.30. The first-order chi connectivity index (χ1) is 11.0. The lowest BCUT2D eigenvalue weighted by atomic mass is 10.1. The molecule has 0 spiro atoms. The van der Waals surface area contributed by atoms with Crippen LogP contribution in [-0.2, 0) is 4.79 Å². The Morgan fingerprint density at radius 3 is 2.52 bits per heavy atom. The van der Waals surface area contributed by atoms with Crippen LogP contribution in [0.5, 0.6) is 5.75 Å². The topological polar surface area (TPSA) is 58.6 Å². The van der Waals surface area contributed by atoms with Crippen LogP contribution in [0.1, 0.15) is 11.6 Å². The van der Waals surface area contributed by atoms with Gasteiger partial charge in [0, 0.05) is 0 Å². The lowest BCUT2D eigenvalue weighted by Crippen LogP contribution is -2.34. The Hall–Kier alpha value is -2.18. The number of ether oxygens (including phenoxy) is 1. The maximum absolute atomic E-state index is 13.4. The van der Waals surface area contributed by atoms with E-state index in [1.165, 1.54) is 36.4 Å². The summed E-state index contributed by atoms with van der Waals surface area (Å²) in [7, 11) is 0. The number of benzene rings is 2. The molecule has 122 valence electrons. The molecule has 0 radical (unpaired) electrons. The van der Waals surface area contributed by atoms with Gasteiger partial charge in [-0.1, -0.05) is 17.7 Å². The lowest BCUT2D eigenvalue weighted by molar-refractivity contribution is -0.124. The number of hydrogen-bond donors (Lipinski definition) is 2. The highest BCUT2D eigenvalue weighted by Crippen LogP contribution is 2.20. The van der Waals surface area contributed by atoms with Crippen molar-refractivity contribution in [2.75, 3.05) is 13.2 Å². The van der Waals surface area contributed by atoms with Crippen LogP contribution in [0.3, 0.4) is 0 Å². The number of amides is 1. The number of nitrogens with one attached hydrogen (secondary N) is 1. The molecule has 0 saturated heterocycles. The van der Waals surface area contributed by atoms with E-state index in [9.17, 15) is 18.7 Å². The fourth-order valence-corrected chi connectivity index (χ4v) is 2.00. The molecule has 7 heteroatoms. The lowest BCUT2D eigenvalue weighted by Gasteiger charge is -2.17. The Labute approximate surface area is 136 Å². The van der Waals surface area contributed by atoms with Crippen molar-refractivity contribution in [3.05, 3.63) is 64.7 Å². The van der Waals surface area contributed by atoms with Crippen molar-refractivity contribution >= 4 is 17.5 Å². The van der Waals surface area contributed by atoms with Gasteiger partial charge in [0.1, 0.15) is 17.4 Å². The summed E-state index contributed by atoms with van der Waals surface area (Å²) in [6.45, 7) is -0.735. The third-order valence-electron chi connectivity index (χ3n) is 3.05. The summed E-state index contributed by atoms with van der Waals surface area (Å²) in [6, 6.07) is 8.40. The van der Waals surface area contributed by atoms with Gasteiger partial charge in [0.05, 0.1) is 17.7 Å². The van der Waals surface area contributed by atoms with Crippen LogP contribution in [0.25, 0.3) is 0 Å². The van der Waals surface area contributed by atoms with Crippen molar-refractivity contribution in [1.82, 2.24) is 5.32 Å². The van der Waals surface area contributed by atoms with E-state index in [2.05, 4.69) is 5.32 Å². The van der Waals surface area contributed by atoms with Crippen molar-refractivity contribution in [2.45, 2.75) is 6.04 Å². The van der Waals surface area contributed by atoms with Gasteiger partial charge in [-0.2, -0.15) is 0 Å². The van der Waals surface area contributed by atoms with E-state index < -0.39 is 30.2 Å². The second-order valence-electron chi connectivity index (χ2n) is 4.72. The molecular weight excluding hydrogens is 328 g/mol. The molecule has 2 rings (SSSR count). The second kappa shape index (κ2) is 7.89. The number of aliphatic hydroxyl groups excluding tert-OH is 1.